The van der Waals surface area contributed by atoms with Crippen LogP contribution in [0.1, 0.15) is 24.1 Å². The van der Waals surface area contributed by atoms with E-state index in [-0.39, 0.29) is 6.04 Å². The summed E-state index contributed by atoms with van der Waals surface area (Å²) in [6.07, 6.45) is 0. The topological polar surface area (TPSA) is 47.0 Å². The predicted molar refractivity (Wildman–Crippen MR) is 69.7 cm³/mol. The Labute approximate surface area is 105 Å². The van der Waals surface area contributed by atoms with Crippen LogP contribution in [0.15, 0.2) is 23.7 Å². The minimum atomic E-state index is 0.137. The maximum Gasteiger partial charge on any atom is 0.205 e. The van der Waals surface area contributed by atoms with Gasteiger partial charge in [0.2, 0.25) is 5.13 Å². The lowest BCUT2D eigenvalue weighted by Gasteiger charge is -2.16. The van der Waals surface area contributed by atoms with Crippen molar-refractivity contribution in [2.45, 2.75) is 19.9 Å². The Kier molecular flexibility index (Phi) is 3.58. The molecule has 0 aliphatic rings. The Bertz CT molecular complexity index is 485. The van der Waals surface area contributed by atoms with Crippen molar-refractivity contribution in [1.29, 1.82) is 0 Å². The monoisotopic (exact) mass is 249 g/mol. The molecule has 1 atom stereocenters. The highest BCUT2D eigenvalue weighted by molar-refractivity contribution is 7.13. The molecule has 5 heteroatoms. The van der Waals surface area contributed by atoms with Crippen molar-refractivity contribution >= 4 is 16.5 Å². The van der Waals surface area contributed by atoms with Crippen LogP contribution in [0, 0.1) is 6.92 Å². The van der Waals surface area contributed by atoms with Gasteiger partial charge in [0, 0.05) is 5.56 Å². The van der Waals surface area contributed by atoms with Gasteiger partial charge in [-0.2, -0.15) is 0 Å². The van der Waals surface area contributed by atoms with Gasteiger partial charge >= 0.3 is 0 Å². The first kappa shape index (κ1) is 11.9. The molecule has 1 unspecified atom stereocenters. The maximum atomic E-state index is 5.39. The predicted octanol–water partition coefficient (Wildman–Crippen LogP) is 3.03. The molecule has 0 radical (unpaired) electrons. The first-order valence-electron chi connectivity index (χ1n) is 5.38. The zero-order chi connectivity index (χ0) is 12.3. The molecule has 4 nitrogen and oxygen atoms in total. The molecule has 2 rings (SSSR count). The summed E-state index contributed by atoms with van der Waals surface area (Å²) < 4.78 is 5.39. The molecule has 1 aromatic heterocycles. The van der Waals surface area contributed by atoms with Gasteiger partial charge in [-0.15, -0.1) is 10.2 Å². The van der Waals surface area contributed by atoms with Crippen molar-refractivity contribution in [3.05, 3.63) is 34.8 Å². The van der Waals surface area contributed by atoms with Crippen LogP contribution < -0.4 is 10.1 Å². The van der Waals surface area contributed by atoms with Gasteiger partial charge in [-0.25, -0.2) is 0 Å². The fraction of sp³-hybridized carbons (Fsp3) is 0.333. The number of aromatic nitrogens is 2. The fourth-order valence-electron chi connectivity index (χ4n) is 1.68. The molecule has 0 fully saturated rings. The van der Waals surface area contributed by atoms with Crippen LogP contribution in [0.25, 0.3) is 0 Å². The molecule has 1 N–H and O–H groups in total. The second-order valence-corrected chi connectivity index (χ2v) is 4.69. The van der Waals surface area contributed by atoms with E-state index < -0.39 is 0 Å². The smallest absolute Gasteiger partial charge is 0.205 e. The first-order chi connectivity index (χ1) is 8.20. The van der Waals surface area contributed by atoms with E-state index in [0.717, 1.165) is 16.4 Å². The molecular formula is C12H15N3OS. The highest BCUT2D eigenvalue weighted by Gasteiger charge is 2.12. The number of ether oxygens (including phenoxy) is 1. The Morgan fingerprint density at radius 1 is 1.41 bits per heavy atom. The maximum absolute atomic E-state index is 5.39. The summed E-state index contributed by atoms with van der Waals surface area (Å²) in [7, 11) is 1.69. The van der Waals surface area contributed by atoms with E-state index in [1.54, 1.807) is 12.6 Å². The number of benzene rings is 1. The normalized spacial score (nSPS) is 12.2. The lowest BCUT2D eigenvalue weighted by molar-refractivity contribution is 0.407. The van der Waals surface area contributed by atoms with Crippen LogP contribution in [0.5, 0.6) is 5.75 Å². The first-order valence-corrected chi connectivity index (χ1v) is 6.26. The van der Waals surface area contributed by atoms with E-state index >= 15 is 0 Å². The Balaban J connectivity index is 2.21. The minimum absolute atomic E-state index is 0.137. The van der Waals surface area contributed by atoms with Crippen molar-refractivity contribution in [3.8, 4) is 5.75 Å². The molecule has 90 valence electrons. The number of anilines is 1. The average molecular weight is 249 g/mol. The number of aryl methyl sites for hydroxylation is 1. The van der Waals surface area contributed by atoms with Crippen LogP contribution >= 0.6 is 11.3 Å². The van der Waals surface area contributed by atoms with Crippen molar-refractivity contribution in [3.63, 3.8) is 0 Å². The largest absolute Gasteiger partial charge is 0.496 e. The molecule has 1 aromatic carbocycles. The van der Waals surface area contributed by atoms with Gasteiger partial charge in [0.15, 0.2) is 0 Å². The van der Waals surface area contributed by atoms with E-state index in [2.05, 4.69) is 41.5 Å². The van der Waals surface area contributed by atoms with E-state index in [0.29, 0.717) is 0 Å². The Morgan fingerprint density at radius 2 is 2.24 bits per heavy atom. The van der Waals surface area contributed by atoms with Crippen LogP contribution in [0.3, 0.4) is 0 Å². The highest BCUT2D eigenvalue weighted by atomic mass is 32.1. The van der Waals surface area contributed by atoms with E-state index in [4.69, 9.17) is 4.74 Å². The standard InChI is InChI=1S/C12H15N3OS/c1-8-4-5-10(11(6-8)16-3)9(2)14-12-15-13-7-17-12/h4-7,9H,1-3H3,(H,14,15). The van der Waals surface area contributed by atoms with Gasteiger partial charge in [0.25, 0.3) is 0 Å². The Morgan fingerprint density at radius 3 is 2.88 bits per heavy atom. The quantitative estimate of drug-likeness (QED) is 0.904. The molecule has 0 aliphatic heterocycles. The summed E-state index contributed by atoms with van der Waals surface area (Å²) in [5, 5.41) is 11.9. The number of hydrogen-bond acceptors (Lipinski definition) is 5. The molecule has 2 aromatic rings. The zero-order valence-corrected chi connectivity index (χ0v) is 10.9. The second-order valence-electron chi connectivity index (χ2n) is 3.86. The molecule has 0 saturated carbocycles. The molecule has 17 heavy (non-hydrogen) atoms. The molecular weight excluding hydrogens is 234 g/mol. The fourth-order valence-corrected chi connectivity index (χ4v) is 2.21. The SMILES string of the molecule is COc1cc(C)ccc1C(C)Nc1nncs1. The van der Waals surface area contributed by atoms with Gasteiger partial charge in [-0.1, -0.05) is 23.5 Å². The average Bonchev–Trinajstić information content (AvgIpc) is 2.81. The number of nitrogens with one attached hydrogen (secondary N) is 1. The van der Waals surface area contributed by atoms with Gasteiger partial charge in [0.05, 0.1) is 13.2 Å². The van der Waals surface area contributed by atoms with Crippen LogP contribution in [-0.2, 0) is 0 Å². The van der Waals surface area contributed by atoms with E-state index in [1.165, 1.54) is 16.9 Å². The van der Waals surface area contributed by atoms with E-state index in [9.17, 15) is 0 Å². The lowest BCUT2D eigenvalue weighted by Crippen LogP contribution is -2.08. The summed E-state index contributed by atoms with van der Waals surface area (Å²) in [5.41, 5.74) is 4.02. The summed E-state index contributed by atoms with van der Waals surface area (Å²) in [6, 6.07) is 6.33. The molecule has 0 bridgehead atoms. The van der Waals surface area contributed by atoms with Crippen LogP contribution in [0.4, 0.5) is 5.13 Å². The highest BCUT2D eigenvalue weighted by Crippen LogP contribution is 2.28. The van der Waals surface area contributed by atoms with Crippen LogP contribution in [0.2, 0.25) is 0 Å². The van der Waals surface area contributed by atoms with Crippen molar-refractivity contribution in [1.82, 2.24) is 10.2 Å². The van der Waals surface area contributed by atoms with Gasteiger partial charge < -0.3 is 10.1 Å². The summed E-state index contributed by atoms with van der Waals surface area (Å²) in [4.78, 5) is 0. The molecule has 0 saturated heterocycles. The van der Waals surface area contributed by atoms with Gasteiger partial charge in [0.1, 0.15) is 11.3 Å². The summed E-state index contributed by atoms with van der Waals surface area (Å²) in [5.74, 6) is 0.898. The third-order valence-electron chi connectivity index (χ3n) is 2.56. The zero-order valence-electron chi connectivity index (χ0n) is 10.1. The van der Waals surface area contributed by atoms with Gasteiger partial charge in [-0.3, -0.25) is 0 Å². The number of hydrogen-bond donors (Lipinski definition) is 1. The third kappa shape index (κ3) is 2.74. The third-order valence-corrected chi connectivity index (χ3v) is 3.18. The summed E-state index contributed by atoms with van der Waals surface area (Å²) >= 11 is 1.49. The summed E-state index contributed by atoms with van der Waals surface area (Å²) in [6.45, 7) is 4.13. The molecule has 0 spiro atoms. The van der Waals surface area contributed by atoms with Crippen molar-refractivity contribution in [2.75, 3.05) is 12.4 Å². The minimum Gasteiger partial charge on any atom is -0.496 e. The molecule has 1 heterocycles. The molecule has 0 amide bonds. The van der Waals surface area contributed by atoms with Crippen LogP contribution in [-0.4, -0.2) is 17.3 Å². The number of nitrogens with zero attached hydrogens (tertiary/aromatic N) is 2. The molecule has 0 aliphatic carbocycles. The Hall–Kier alpha value is -1.62. The second kappa shape index (κ2) is 5.14. The number of rotatable bonds is 4. The van der Waals surface area contributed by atoms with Crippen molar-refractivity contribution < 1.29 is 4.74 Å². The van der Waals surface area contributed by atoms with E-state index in [1.807, 2.05) is 6.07 Å². The van der Waals surface area contributed by atoms with Crippen molar-refractivity contribution in [2.24, 2.45) is 0 Å². The lowest BCUT2D eigenvalue weighted by atomic mass is 10.1. The van der Waals surface area contributed by atoms with Gasteiger partial charge in [-0.05, 0) is 25.5 Å². The number of methoxy groups -OCH3 is 1.